The van der Waals surface area contributed by atoms with Gasteiger partial charge in [0.05, 0.1) is 17.1 Å². The van der Waals surface area contributed by atoms with Gasteiger partial charge in [0.1, 0.15) is 23.1 Å². The van der Waals surface area contributed by atoms with Crippen molar-refractivity contribution < 1.29 is 27.1 Å². The highest BCUT2D eigenvalue weighted by molar-refractivity contribution is 6.42. The number of aryl methyl sites for hydroxylation is 1. The Morgan fingerprint density at radius 2 is 1.89 bits per heavy atom. The quantitative estimate of drug-likeness (QED) is 0.283. The number of carbonyl (C=O) groups is 1. The largest absolute Gasteiger partial charge is 0.484 e. The summed E-state index contributed by atoms with van der Waals surface area (Å²) in [5.74, 6) is 0.492. The highest BCUT2D eigenvalue weighted by atomic mass is 35.5. The van der Waals surface area contributed by atoms with Crippen LogP contribution in [0.1, 0.15) is 33.1 Å². The lowest BCUT2D eigenvalue weighted by Crippen LogP contribution is -2.12. The molecule has 0 aliphatic heterocycles. The first-order chi connectivity index (χ1) is 16.6. The van der Waals surface area contributed by atoms with E-state index in [9.17, 15) is 18.0 Å². The molecule has 2 heterocycles. The molecule has 0 radical (unpaired) electrons. The number of nitrogens with one attached hydrogen (secondary N) is 1. The maximum atomic E-state index is 13.0. The smallest absolute Gasteiger partial charge is 0.416 e. The van der Waals surface area contributed by atoms with E-state index in [2.05, 4.69) is 10.4 Å². The van der Waals surface area contributed by atoms with Crippen LogP contribution in [0.4, 0.5) is 19.0 Å². The number of ether oxygens (including phenoxy) is 1. The van der Waals surface area contributed by atoms with Crippen molar-refractivity contribution in [3.05, 3.63) is 99.1 Å². The number of amides is 1. The summed E-state index contributed by atoms with van der Waals surface area (Å²) in [6.07, 6.45) is -4.43. The number of carbonyl (C=O) groups excluding carboxylic acids is 1. The molecule has 2 aromatic carbocycles. The van der Waals surface area contributed by atoms with Crippen LogP contribution in [0.3, 0.4) is 0 Å². The van der Waals surface area contributed by atoms with E-state index in [1.807, 2.05) is 0 Å². The summed E-state index contributed by atoms with van der Waals surface area (Å²) in [4.78, 5) is 12.6. The number of hydrogen-bond donors (Lipinski definition) is 1. The Labute approximate surface area is 208 Å². The van der Waals surface area contributed by atoms with Gasteiger partial charge in [0.2, 0.25) is 0 Å². The molecule has 0 bridgehead atoms. The molecule has 2 aromatic heterocycles. The van der Waals surface area contributed by atoms with Gasteiger partial charge in [-0.3, -0.25) is 9.48 Å². The lowest BCUT2D eigenvalue weighted by atomic mass is 10.1. The number of furan rings is 1. The van der Waals surface area contributed by atoms with Crippen LogP contribution < -0.4 is 10.1 Å². The number of benzene rings is 2. The highest BCUT2D eigenvalue weighted by Crippen LogP contribution is 2.32. The average molecular weight is 524 g/mol. The van der Waals surface area contributed by atoms with E-state index in [1.165, 1.54) is 16.8 Å². The van der Waals surface area contributed by atoms with Crippen molar-refractivity contribution in [3.8, 4) is 5.75 Å². The van der Waals surface area contributed by atoms with Crippen LogP contribution in [0.25, 0.3) is 0 Å². The molecule has 1 amide bonds. The monoisotopic (exact) mass is 523 g/mol. The summed E-state index contributed by atoms with van der Waals surface area (Å²) in [5, 5.41) is 7.52. The van der Waals surface area contributed by atoms with Crippen molar-refractivity contribution in [2.24, 2.45) is 0 Å². The highest BCUT2D eigenvalue weighted by Gasteiger charge is 2.30. The Morgan fingerprint density at radius 1 is 1.11 bits per heavy atom. The Morgan fingerprint density at radius 3 is 2.66 bits per heavy atom. The zero-order valence-corrected chi connectivity index (χ0v) is 19.7. The fraction of sp³-hybridized carbons (Fsp3) is 0.167. The molecule has 6 nitrogen and oxygen atoms in total. The molecule has 4 rings (SSSR count). The summed E-state index contributed by atoms with van der Waals surface area (Å²) in [6.45, 7) is 1.87. The van der Waals surface area contributed by atoms with Gasteiger partial charge in [-0.05, 0) is 48.9 Å². The molecule has 0 saturated carbocycles. The van der Waals surface area contributed by atoms with E-state index in [0.717, 1.165) is 12.1 Å². The minimum atomic E-state index is -4.43. The fourth-order valence-electron chi connectivity index (χ4n) is 3.25. The Hall–Kier alpha value is -3.43. The van der Waals surface area contributed by atoms with Gasteiger partial charge >= 0.3 is 6.18 Å². The van der Waals surface area contributed by atoms with Crippen molar-refractivity contribution in [1.82, 2.24) is 9.78 Å². The van der Waals surface area contributed by atoms with Crippen LogP contribution in [0.5, 0.6) is 5.75 Å². The number of halogens is 5. The van der Waals surface area contributed by atoms with Crippen molar-refractivity contribution >= 4 is 34.9 Å². The molecule has 35 heavy (non-hydrogen) atoms. The third-order valence-corrected chi connectivity index (χ3v) is 5.78. The van der Waals surface area contributed by atoms with Crippen LogP contribution in [-0.2, 0) is 19.3 Å². The number of anilines is 1. The average Bonchev–Trinajstić information content (AvgIpc) is 3.41. The molecule has 0 aliphatic carbocycles. The first-order valence-electron chi connectivity index (χ1n) is 10.3. The van der Waals surface area contributed by atoms with E-state index < -0.39 is 17.6 Å². The lowest BCUT2D eigenvalue weighted by Gasteiger charge is -2.09. The first-order valence-corrected chi connectivity index (χ1v) is 11.0. The molecule has 0 saturated heterocycles. The minimum Gasteiger partial charge on any atom is -0.484 e. The SMILES string of the molecule is Cc1cc(NC(=O)c2ccc(COc3cccc(Cl)c3Cl)o2)nn1Cc1cccc(C(F)(F)F)c1. The second kappa shape index (κ2) is 10.1. The van der Waals surface area contributed by atoms with E-state index >= 15 is 0 Å². The Bertz CT molecular complexity index is 1370. The summed E-state index contributed by atoms with van der Waals surface area (Å²) in [6, 6.07) is 14.7. The molecule has 0 unspecified atom stereocenters. The predicted molar refractivity (Wildman–Crippen MR) is 125 cm³/mol. The fourth-order valence-corrected chi connectivity index (χ4v) is 3.60. The van der Waals surface area contributed by atoms with Crippen molar-refractivity contribution in [2.75, 3.05) is 5.32 Å². The molecule has 0 fully saturated rings. The van der Waals surface area contributed by atoms with Gasteiger partial charge in [-0.25, -0.2) is 0 Å². The maximum Gasteiger partial charge on any atom is 0.416 e. The Balaban J connectivity index is 1.39. The topological polar surface area (TPSA) is 69.3 Å². The van der Waals surface area contributed by atoms with Crippen LogP contribution in [0, 0.1) is 6.92 Å². The normalized spacial score (nSPS) is 11.5. The summed E-state index contributed by atoms with van der Waals surface area (Å²) in [5.41, 5.74) is 0.354. The van der Waals surface area contributed by atoms with Gasteiger partial charge in [0, 0.05) is 11.8 Å². The summed E-state index contributed by atoms with van der Waals surface area (Å²) >= 11 is 12.0. The second-order valence-corrected chi connectivity index (χ2v) is 8.37. The number of rotatable bonds is 7. The first kappa shape index (κ1) is 24.7. The molecule has 11 heteroatoms. The van der Waals surface area contributed by atoms with E-state index in [1.54, 1.807) is 43.3 Å². The van der Waals surface area contributed by atoms with E-state index in [-0.39, 0.29) is 29.8 Å². The predicted octanol–water partition coefficient (Wildman–Crippen LogP) is 6.99. The summed E-state index contributed by atoms with van der Waals surface area (Å²) < 4.78 is 51.5. The zero-order chi connectivity index (χ0) is 25.2. The molecule has 0 spiro atoms. The summed E-state index contributed by atoms with van der Waals surface area (Å²) in [7, 11) is 0. The minimum absolute atomic E-state index is 0.0259. The van der Waals surface area contributed by atoms with Gasteiger partial charge in [-0.1, -0.05) is 41.4 Å². The van der Waals surface area contributed by atoms with Gasteiger partial charge in [0.15, 0.2) is 11.6 Å². The molecule has 0 aliphatic rings. The molecular weight excluding hydrogens is 506 g/mol. The van der Waals surface area contributed by atoms with Crippen LogP contribution in [0.15, 0.2) is 65.1 Å². The lowest BCUT2D eigenvalue weighted by molar-refractivity contribution is -0.137. The number of nitrogens with zero attached hydrogens (tertiary/aromatic N) is 2. The molecule has 1 N–H and O–H groups in total. The van der Waals surface area contributed by atoms with E-state index in [0.29, 0.717) is 27.8 Å². The number of alkyl halides is 3. The molecular formula is C24H18Cl2F3N3O3. The van der Waals surface area contributed by atoms with Gasteiger partial charge in [-0.15, -0.1) is 0 Å². The zero-order valence-electron chi connectivity index (χ0n) is 18.2. The van der Waals surface area contributed by atoms with Gasteiger partial charge < -0.3 is 14.5 Å². The number of hydrogen-bond acceptors (Lipinski definition) is 4. The third-order valence-electron chi connectivity index (χ3n) is 4.98. The van der Waals surface area contributed by atoms with E-state index in [4.69, 9.17) is 32.4 Å². The molecule has 182 valence electrons. The maximum absolute atomic E-state index is 13.0. The van der Waals surface area contributed by atoms with Crippen molar-refractivity contribution in [2.45, 2.75) is 26.3 Å². The van der Waals surface area contributed by atoms with Crippen LogP contribution >= 0.6 is 23.2 Å². The molecule has 0 atom stereocenters. The second-order valence-electron chi connectivity index (χ2n) is 7.59. The standard InChI is InChI=1S/C24H18Cl2F3N3O3/c1-14-10-21(31-32(14)12-15-4-2-5-16(11-15)24(27,28)29)30-23(33)20-9-8-17(35-20)13-34-19-7-3-6-18(25)22(19)26/h2-11H,12-13H2,1H3,(H,30,31,33). The third kappa shape index (κ3) is 5.98. The number of aromatic nitrogens is 2. The van der Waals surface area contributed by atoms with Crippen LogP contribution in [0.2, 0.25) is 10.0 Å². The van der Waals surface area contributed by atoms with Gasteiger partial charge in [0.25, 0.3) is 5.91 Å². The Kier molecular flexibility index (Phi) is 7.09. The van der Waals surface area contributed by atoms with Crippen molar-refractivity contribution in [1.29, 1.82) is 0 Å². The molecule has 4 aromatic rings. The van der Waals surface area contributed by atoms with Gasteiger partial charge in [-0.2, -0.15) is 18.3 Å². The van der Waals surface area contributed by atoms with Crippen molar-refractivity contribution in [3.63, 3.8) is 0 Å². The van der Waals surface area contributed by atoms with Crippen LogP contribution in [-0.4, -0.2) is 15.7 Å².